The molecule has 1 aliphatic rings. The minimum absolute atomic E-state index is 0.104. The number of anilines is 2. The summed E-state index contributed by atoms with van der Waals surface area (Å²) in [6.07, 6.45) is 1.05. The van der Waals surface area contributed by atoms with E-state index in [-0.39, 0.29) is 11.1 Å². The number of nitrogens with two attached hydrogens (primary N) is 1. The molecule has 1 heterocycles. The molecule has 0 aromatic heterocycles. The van der Waals surface area contributed by atoms with Crippen LogP contribution in [0.3, 0.4) is 0 Å². The quantitative estimate of drug-likeness (QED) is 0.684. The van der Waals surface area contributed by atoms with Crippen LogP contribution in [0.4, 0.5) is 20.2 Å². The number of halogens is 2. The molecule has 1 unspecified atom stereocenters. The molecule has 3 nitrogen and oxygen atoms in total. The predicted octanol–water partition coefficient (Wildman–Crippen LogP) is 3.08. The van der Waals surface area contributed by atoms with Gasteiger partial charge in [-0.2, -0.15) is 8.78 Å². The van der Waals surface area contributed by atoms with Gasteiger partial charge in [0.1, 0.15) is 0 Å². The topological polar surface area (TPSA) is 32.5 Å². The Labute approximate surface area is 125 Å². The fourth-order valence-corrected chi connectivity index (χ4v) is 2.74. The Morgan fingerprint density at radius 1 is 1.48 bits per heavy atom. The largest absolute Gasteiger partial charge is 0.397 e. The first-order chi connectivity index (χ1) is 9.73. The summed E-state index contributed by atoms with van der Waals surface area (Å²) in [6, 6.07) is 4.85. The monoisotopic (exact) mass is 295 g/mol. The van der Waals surface area contributed by atoms with E-state index in [0.717, 1.165) is 25.2 Å². The van der Waals surface area contributed by atoms with Crippen molar-refractivity contribution in [3.05, 3.63) is 35.9 Å². The van der Waals surface area contributed by atoms with Crippen LogP contribution in [0.15, 0.2) is 30.4 Å². The van der Waals surface area contributed by atoms with Gasteiger partial charge in [-0.15, -0.1) is 0 Å². The second-order valence-corrected chi connectivity index (χ2v) is 5.94. The first kappa shape index (κ1) is 15.8. The van der Waals surface area contributed by atoms with E-state index in [1.54, 1.807) is 6.07 Å². The number of hydrogen-bond acceptors (Lipinski definition) is 3. The summed E-state index contributed by atoms with van der Waals surface area (Å²) in [6.45, 7) is 6.68. The molecule has 0 bridgehead atoms. The van der Waals surface area contributed by atoms with Crippen molar-refractivity contribution in [1.82, 2.24) is 4.90 Å². The van der Waals surface area contributed by atoms with E-state index in [1.807, 2.05) is 7.05 Å². The number of rotatable bonds is 4. The zero-order valence-electron chi connectivity index (χ0n) is 12.9. The third-order valence-corrected chi connectivity index (χ3v) is 4.22. The average molecular weight is 295 g/mol. The van der Waals surface area contributed by atoms with Gasteiger partial charge >= 0.3 is 0 Å². The van der Waals surface area contributed by atoms with Gasteiger partial charge in [0.2, 0.25) is 0 Å². The number of nitrogen functional groups attached to an aromatic ring is 1. The third kappa shape index (κ3) is 3.02. The van der Waals surface area contributed by atoms with E-state index in [0.29, 0.717) is 11.7 Å². The standard InChI is InChI=1S/C16H23F2N3/c1-11(2)16(17,18)12-5-6-15(14(19)9-12)21(4)13-7-8-20(3)10-13/h5-6,9,13H,1,7-8,10,19H2,2-4H3. The number of likely N-dealkylation sites (tertiary alicyclic amines) is 1. The van der Waals surface area contributed by atoms with Crippen LogP contribution < -0.4 is 10.6 Å². The van der Waals surface area contributed by atoms with Gasteiger partial charge in [0.15, 0.2) is 0 Å². The molecule has 5 heteroatoms. The lowest BCUT2D eigenvalue weighted by molar-refractivity contribution is 0.0386. The van der Waals surface area contributed by atoms with E-state index >= 15 is 0 Å². The zero-order valence-corrected chi connectivity index (χ0v) is 12.9. The molecule has 2 N–H and O–H groups in total. The Balaban J connectivity index is 2.25. The molecular weight excluding hydrogens is 272 g/mol. The zero-order chi connectivity index (χ0) is 15.8. The van der Waals surface area contributed by atoms with E-state index < -0.39 is 5.92 Å². The van der Waals surface area contributed by atoms with Crippen LogP contribution in [0.5, 0.6) is 0 Å². The second-order valence-electron chi connectivity index (χ2n) is 5.94. The van der Waals surface area contributed by atoms with E-state index in [4.69, 9.17) is 5.73 Å². The number of alkyl halides is 2. The first-order valence-corrected chi connectivity index (χ1v) is 7.08. The van der Waals surface area contributed by atoms with Crippen molar-refractivity contribution in [3.63, 3.8) is 0 Å². The highest BCUT2D eigenvalue weighted by atomic mass is 19.3. The van der Waals surface area contributed by atoms with E-state index in [1.165, 1.54) is 19.1 Å². The van der Waals surface area contributed by atoms with Crippen molar-refractivity contribution >= 4 is 11.4 Å². The van der Waals surface area contributed by atoms with Gasteiger partial charge in [-0.1, -0.05) is 12.6 Å². The molecule has 0 aliphatic carbocycles. The molecule has 0 saturated carbocycles. The highest BCUT2D eigenvalue weighted by Crippen LogP contribution is 2.38. The summed E-state index contributed by atoms with van der Waals surface area (Å²) < 4.78 is 27.9. The molecule has 1 saturated heterocycles. The predicted molar refractivity (Wildman–Crippen MR) is 83.9 cm³/mol. The molecule has 0 spiro atoms. The van der Waals surface area contributed by atoms with Gasteiger partial charge in [0, 0.05) is 25.2 Å². The molecule has 1 aliphatic heterocycles. The normalized spacial score (nSPS) is 19.8. The Hall–Kier alpha value is -1.62. The summed E-state index contributed by atoms with van der Waals surface area (Å²) in [5.41, 5.74) is 6.90. The minimum atomic E-state index is -3.04. The van der Waals surface area contributed by atoms with Gasteiger partial charge in [-0.05, 0) is 44.6 Å². The number of nitrogens with zero attached hydrogens (tertiary/aromatic N) is 2. The lowest BCUT2D eigenvalue weighted by Crippen LogP contribution is -2.34. The third-order valence-electron chi connectivity index (χ3n) is 4.22. The Kier molecular flexibility index (Phi) is 4.23. The van der Waals surface area contributed by atoms with Crippen LogP contribution in [0.2, 0.25) is 0 Å². The van der Waals surface area contributed by atoms with Gasteiger partial charge in [0.05, 0.1) is 11.4 Å². The van der Waals surface area contributed by atoms with Gasteiger partial charge in [-0.25, -0.2) is 0 Å². The molecule has 0 amide bonds. The maximum Gasteiger partial charge on any atom is 0.294 e. The number of hydrogen-bond donors (Lipinski definition) is 1. The summed E-state index contributed by atoms with van der Waals surface area (Å²) in [5, 5.41) is 0. The van der Waals surface area contributed by atoms with Gasteiger partial charge in [0.25, 0.3) is 5.92 Å². The van der Waals surface area contributed by atoms with E-state index in [9.17, 15) is 8.78 Å². The van der Waals surface area contributed by atoms with Crippen LogP contribution in [0, 0.1) is 0 Å². The Morgan fingerprint density at radius 3 is 2.62 bits per heavy atom. The lowest BCUT2D eigenvalue weighted by atomic mass is 10.0. The van der Waals surface area contributed by atoms with Crippen LogP contribution in [-0.2, 0) is 5.92 Å². The fraction of sp³-hybridized carbons (Fsp3) is 0.500. The molecule has 2 rings (SSSR count). The van der Waals surface area contributed by atoms with Crippen molar-refractivity contribution in [3.8, 4) is 0 Å². The molecule has 1 aromatic rings. The molecule has 1 fully saturated rings. The molecule has 0 radical (unpaired) electrons. The van der Waals surface area contributed by atoms with Crippen LogP contribution in [0.25, 0.3) is 0 Å². The smallest absolute Gasteiger partial charge is 0.294 e. The summed E-state index contributed by atoms with van der Waals surface area (Å²) >= 11 is 0. The molecular formula is C16H23F2N3. The minimum Gasteiger partial charge on any atom is -0.397 e. The number of likely N-dealkylation sites (N-methyl/N-ethyl adjacent to an activating group) is 2. The van der Waals surface area contributed by atoms with Gasteiger partial charge in [-0.3, -0.25) is 0 Å². The molecule has 21 heavy (non-hydrogen) atoms. The summed E-state index contributed by atoms with van der Waals surface area (Å²) in [4.78, 5) is 4.34. The highest BCUT2D eigenvalue weighted by Gasteiger charge is 2.33. The SMILES string of the molecule is C=C(C)C(F)(F)c1ccc(N(C)C2CCN(C)C2)c(N)c1. The molecule has 1 atom stereocenters. The Morgan fingerprint density at radius 2 is 2.14 bits per heavy atom. The van der Waals surface area contributed by atoms with Gasteiger partial charge < -0.3 is 15.5 Å². The summed E-state index contributed by atoms with van der Waals surface area (Å²) in [7, 11) is 4.04. The van der Waals surface area contributed by atoms with Crippen LogP contribution in [-0.4, -0.2) is 38.1 Å². The van der Waals surface area contributed by atoms with Crippen LogP contribution in [0.1, 0.15) is 18.9 Å². The van der Waals surface area contributed by atoms with Crippen molar-refractivity contribution in [1.29, 1.82) is 0 Å². The average Bonchev–Trinajstić information content (AvgIpc) is 2.84. The first-order valence-electron chi connectivity index (χ1n) is 7.08. The van der Waals surface area contributed by atoms with Crippen molar-refractivity contribution in [2.75, 3.05) is 37.8 Å². The summed E-state index contributed by atoms with van der Waals surface area (Å²) in [5.74, 6) is -3.04. The Bertz CT molecular complexity index is 542. The second kappa shape index (κ2) is 5.64. The molecule has 116 valence electrons. The number of allylic oxidation sites excluding steroid dienone is 1. The number of benzene rings is 1. The van der Waals surface area contributed by atoms with Crippen molar-refractivity contribution in [2.24, 2.45) is 0 Å². The van der Waals surface area contributed by atoms with Crippen molar-refractivity contribution in [2.45, 2.75) is 25.3 Å². The van der Waals surface area contributed by atoms with Crippen molar-refractivity contribution < 1.29 is 8.78 Å². The maximum absolute atomic E-state index is 14.0. The lowest BCUT2D eigenvalue weighted by Gasteiger charge is -2.28. The van der Waals surface area contributed by atoms with Crippen LogP contribution >= 0.6 is 0 Å². The molecule has 1 aromatic carbocycles. The highest BCUT2D eigenvalue weighted by molar-refractivity contribution is 5.69. The maximum atomic E-state index is 14.0. The van der Waals surface area contributed by atoms with E-state index in [2.05, 4.69) is 23.4 Å². The fourth-order valence-electron chi connectivity index (χ4n) is 2.74.